The van der Waals surface area contributed by atoms with Gasteiger partial charge in [-0.2, -0.15) is 0 Å². The predicted octanol–water partition coefficient (Wildman–Crippen LogP) is 3.38. The Hall–Kier alpha value is -1.37. The van der Waals surface area contributed by atoms with E-state index in [9.17, 15) is 0 Å². The standard InChI is InChI=1S/C19H28N4OS/c1-3-10-23-16(2)20-21-19(23)25-15-18-14-22(11-7-12-24-18)13-17-8-5-4-6-9-17/h4-6,8-9,18H,3,7,10-15H2,1-2H3/t18-/m0/s1. The molecule has 1 saturated heterocycles. The molecule has 0 N–H and O–H groups in total. The number of ether oxygens (including phenoxy) is 1. The van der Waals surface area contributed by atoms with Gasteiger partial charge < -0.3 is 9.30 Å². The minimum atomic E-state index is 0.239. The average molecular weight is 361 g/mol. The first-order valence-electron chi connectivity index (χ1n) is 9.16. The van der Waals surface area contributed by atoms with Crippen molar-refractivity contribution in [2.24, 2.45) is 0 Å². The van der Waals surface area contributed by atoms with Crippen LogP contribution >= 0.6 is 11.8 Å². The molecule has 0 unspecified atom stereocenters. The Morgan fingerprint density at radius 1 is 1.24 bits per heavy atom. The van der Waals surface area contributed by atoms with Crippen LogP contribution in [0.3, 0.4) is 0 Å². The van der Waals surface area contributed by atoms with Crippen LogP contribution in [0.2, 0.25) is 0 Å². The van der Waals surface area contributed by atoms with E-state index >= 15 is 0 Å². The fraction of sp³-hybridized carbons (Fsp3) is 0.579. The van der Waals surface area contributed by atoms with E-state index < -0.39 is 0 Å². The molecule has 25 heavy (non-hydrogen) atoms. The molecule has 1 aliphatic rings. The Morgan fingerprint density at radius 2 is 2.08 bits per heavy atom. The summed E-state index contributed by atoms with van der Waals surface area (Å²) in [6, 6.07) is 10.7. The van der Waals surface area contributed by atoms with Crippen molar-refractivity contribution in [2.45, 2.75) is 51.0 Å². The molecule has 2 heterocycles. The molecule has 5 nitrogen and oxygen atoms in total. The number of aromatic nitrogens is 3. The summed E-state index contributed by atoms with van der Waals surface area (Å²) < 4.78 is 8.29. The minimum Gasteiger partial charge on any atom is -0.376 e. The van der Waals surface area contributed by atoms with Gasteiger partial charge in [-0.3, -0.25) is 4.90 Å². The molecule has 2 aromatic rings. The van der Waals surface area contributed by atoms with E-state index in [0.717, 1.165) is 62.4 Å². The summed E-state index contributed by atoms with van der Waals surface area (Å²) in [5.74, 6) is 1.92. The maximum Gasteiger partial charge on any atom is 0.191 e. The van der Waals surface area contributed by atoms with Gasteiger partial charge in [-0.25, -0.2) is 0 Å². The second kappa shape index (κ2) is 9.36. The average Bonchev–Trinajstić information content (AvgIpc) is 2.83. The highest BCUT2D eigenvalue weighted by atomic mass is 32.2. The number of nitrogens with zero attached hydrogens (tertiary/aromatic N) is 4. The van der Waals surface area contributed by atoms with Gasteiger partial charge in [0.2, 0.25) is 0 Å². The second-order valence-corrected chi connectivity index (χ2v) is 7.55. The SMILES string of the molecule is CCCn1c(C)nnc1SC[C@@H]1CN(Cc2ccccc2)CCCO1. The fourth-order valence-corrected chi connectivity index (χ4v) is 4.19. The van der Waals surface area contributed by atoms with Crippen molar-refractivity contribution in [1.29, 1.82) is 0 Å². The molecule has 136 valence electrons. The van der Waals surface area contributed by atoms with E-state index in [1.807, 2.05) is 6.92 Å². The van der Waals surface area contributed by atoms with Crippen molar-refractivity contribution >= 4 is 11.8 Å². The van der Waals surface area contributed by atoms with Crippen molar-refractivity contribution in [2.75, 3.05) is 25.4 Å². The smallest absolute Gasteiger partial charge is 0.191 e. The number of thioether (sulfide) groups is 1. The quantitative estimate of drug-likeness (QED) is 0.708. The van der Waals surface area contributed by atoms with Gasteiger partial charge >= 0.3 is 0 Å². The molecule has 6 heteroatoms. The van der Waals surface area contributed by atoms with Gasteiger partial charge in [0.15, 0.2) is 5.16 Å². The Kier molecular flexibility index (Phi) is 6.90. The van der Waals surface area contributed by atoms with E-state index in [2.05, 4.69) is 56.9 Å². The molecule has 3 rings (SSSR count). The molecule has 0 spiro atoms. The van der Waals surface area contributed by atoms with E-state index in [-0.39, 0.29) is 6.10 Å². The van der Waals surface area contributed by atoms with Gasteiger partial charge in [0.25, 0.3) is 0 Å². The van der Waals surface area contributed by atoms with Crippen LogP contribution in [0.1, 0.15) is 31.2 Å². The zero-order chi connectivity index (χ0) is 17.5. The van der Waals surface area contributed by atoms with Gasteiger partial charge in [0.1, 0.15) is 5.82 Å². The third-order valence-corrected chi connectivity index (χ3v) is 5.53. The lowest BCUT2D eigenvalue weighted by molar-refractivity contribution is 0.0700. The van der Waals surface area contributed by atoms with Gasteiger partial charge in [0, 0.05) is 38.5 Å². The van der Waals surface area contributed by atoms with Crippen molar-refractivity contribution in [1.82, 2.24) is 19.7 Å². The summed E-state index contributed by atoms with van der Waals surface area (Å²) in [5, 5.41) is 9.58. The summed E-state index contributed by atoms with van der Waals surface area (Å²) in [7, 11) is 0. The van der Waals surface area contributed by atoms with Gasteiger partial charge in [-0.1, -0.05) is 49.0 Å². The third kappa shape index (κ3) is 5.30. The summed E-state index contributed by atoms with van der Waals surface area (Å²) >= 11 is 1.77. The summed E-state index contributed by atoms with van der Waals surface area (Å²) in [6.07, 6.45) is 2.43. The molecule has 0 radical (unpaired) electrons. The normalized spacial score (nSPS) is 19.0. The molecule has 0 saturated carbocycles. The zero-order valence-electron chi connectivity index (χ0n) is 15.2. The first-order valence-corrected chi connectivity index (χ1v) is 10.1. The Bertz CT molecular complexity index is 646. The van der Waals surface area contributed by atoms with Crippen molar-refractivity contribution in [3.05, 3.63) is 41.7 Å². The lowest BCUT2D eigenvalue weighted by atomic mass is 10.2. The molecular formula is C19H28N4OS. The third-order valence-electron chi connectivity index (χ3n) is 4.43. The highest BCUT2D eigenvalue weighted by Gasteiger charge is 2.20. The van der Waals surface area contributed by atoms with Crippen LogP contribution in [0.4, 0.5) is 0 Å². The Morgan fingerprint density at radius 3 is 2.88 bits per heavy atom. The Labute approximate surface area is 154 Å². The molecule has 1 aromatic heterocycles. The highest BCUT2D eigenvalue weighted by Crippen LogP contribution is 2.21. The van der Waals surface area contributed by atoms with Crippen LogP contribution < -0.4 is 0 Å². The summed E-state index contributed by atoms with van der Waals surface area (Å²) in [5.41, 5.74) is 1.37. The van der Waals surface area contributed by atoms with E-state index in [1.54, 1.807) is 11.8 Å². The van der Waals surface area contributed by atoms with Crippen molar-refractivity contribution in [3.8, 4) is 0 Å². The molecule has 0 bridgehead atoms. The van der Waals surface area contributed by atoms with Crippen LogP contribution in [-0.2, 0) is 17.8 Å². The second-order valence-electron chi connectivity index (χ2n) is 6.56. The number of hydrogen-bond acceptors (Lipinski definition) is 5. The van der Waals surface area contributed by atoms with Crippen LogP contribution in [0, 0.1) is 6.92 Å². The van der Waals surface area contributed by atoms with Crippen LogP contribution in [0.25, 0.3) is 0 Å². The van der Waals surface area contributed by atoms with E-state index in [0.29, 0.717) is 0 Å². The first-order chi connectivity index (χ1) is 12.3. The van der Waals surface area contributed by atoms with Crippen molar-refractivity contribution in [3.63, 3.8) is 0 Å². The summed E-state index contributed by atoms with van der Waals surface area (Å²) in [4.78, 5) is 2.51. The molecule has 1 atom stereocenters. The van der Waals surface area contributed by atoms with Crippen LogP contribution in [-0.4, -0.2) is 51.2 Å². The zero-order valence-corrected chi connectivity index (χ0v) is 16.0. The molecule has 0 amide bonds. The fourth-order valence-electron chi connectivity index (χ4n) is 3.17. The summed E-state index contributed by atoms with van der Waals surface area (Å²) in [6.45, 7) is 9.10. The number of hydrogen-bond donors (Lipinski definition) is 0. The number of aryl methyl sites for hydroxylation is 1. The molecular weight excluding hydrogens is 332 g/mol. The van der Waals surface area contributed by atoms with Crippen LogP contribution in [0.5, 0.6) is 0 Å². The van der Waals surface area contributed by atoms with Crippen molar-refractivity contribution < 1.29 is 4.74 Å². The molecule has 1 aromatic carbocycles. The lowest BCUT2D eigenvalue weighted by Gasteiger charge is -2.23. The first kappa shape index (κ1) is 18.4. The largest absolute Gasteiger partial charge is 0.376 e. The number of benzene rings is 1. The number of rotatable bonds is 7. The maximum absolute atomic E-state index is 6.08. The van der Waals surface area contributed by atoms with E-state index in [1.165, 1.54) is 5.56 Å². The van der Waals surface area contributed by atoms with Gasteiger partial charge in [-0.15, -0.1) is 10.2 Å². The van der Waals surface area contributed by atoms with E-state index in [4.69, 9.17) is 4.74 Å². The topological polar surface area (TPSA) is 43.2 Å². The molecule has 0 aliphatic carbocycles. The molecule has 1 fully saturated rings. The van der Waals surface area contributed by atoms with Gasteiger partial charge in [0.05, 0.1) is 6.10 Å². The predicted molar refractivity (Wildman–Crippen MR) is 102 cm³/mol. The minimum absolute atomic E-state index is 0.239. The Balaban J connectivity index is 1.56. The molecule has 1 aliphatic heterocycles. The lowest BCUT2D eigenvalue weighted by Crippen LogP contribution is -2.32. The van der Waals surface area contributed by atoms with Crippen LogP contribution in [0.15, 0.2) is 35.5 Å². The highest BCUT2D eigenvalue weighted by molar-refractivity contribution is 7.99. The monoisotopic (exact) mass is 360 g/mol. The maximum atomic E-state index is 6.08. The van der Waals surface area contributed by atoms with Gasteiger partial charge in [-0.05, 0) is 25.3 Å².